The first-order valence-electron chi connectivity index (χ1n) is 4.30. The van der Waals surface area contributed by atoms with Gasteiger partial charge < -0.3 is 10.2 Å². The van der Waals surface area contributed by atoms with Gasteiger partial charge in [-0.05, 0) is 18.2 Å². The number of hydrogen-bond donors (Lipinski definition) is 2. The number of phenolic OH excluding ortho intramolecular Hbond substituents is 1. The van der Waals surface area contributed by atoms with E-state index in [1.54, 1.807) is 0 Å². The van der Waals surface area contributed by atoms with E-state index in [4.69, 9.17) is 0 Å². The number of halogens is 1. The van der Waals surface area contributed by atoms with Crippen LogP contribution in [0.25, 0.3) is 11.1 Å². The van der Waals surface area contributed by atoms with Gasteiger partial charge in [-0.1, -0.05) is 0 Å². The Hall–Kier alpha value is -2.10. The van der Waals surface area contributed by atoms with Crippen molar-refractivity contribution < 1.29 is 14.6 Å². The summed E-state index contributed by atoms with van der Waals surface area (Å²) in [5.74, 6) is -0.692. The fraction of sp³-hybridized carbons (Fsp3) is 0. The number of aromatic nitrogens is 1. The minimum Gasteiger partial charge on any atom is -0.507 e. The second-order valence-electron chi connectivity index (χ2n) is 3.09. The van der Waals surface area contributed by atoms with Crippen LogP contribution in [0.2, 0.25) is 0 Å². The van der Waals surface area contributed by atoms with Gasteiger partial charge in [0.05, 0.1) is 6.20 Å². The van der Waals surface area contributed by atoms with Crippen LogP contribution in [0.4, 0.5) is 4.39 Å². The molecular formula is C11H8FNO2. The predicted octanol–water partition coefficient (Wildman–Crippen LogP) is 2.30. The van der Waals surface area contributed by atoms with Gasteiger partial charge in [-0.15, -0.1) is 0 Å². The largest absolute Gasteiger partial charge is 0.507 e. The van der Waals surface area contributed by atoms with Crippen molar-refractivity contribution in [1.29, 1.82) is 0 Å². The Morgan fingerprint density at radius 3 is 2.53 bits per heavy atom. The molecule has 1 aromatic heterocycles. The number of aromatic hydroxyl groups is 2. The molecule has 0 aliphatic heterocycles. The van der Waals surface area contributed by atoms with Gasteiger partial charge in [-0.3, -0.25) is 4.98 Å². The maximum Gasteiger partial charge on any atom is 0.134 e. The number of rotatable bonds is 1. The number of pyridine rings is 1. The summed E-state index contributed by atoms with van der Waals surface area (Å²) in [6.07, 6.45) is 2.76. The lowest BCUT2D eigenvalue weighted by atomic mass is 10.1. The van der Waals surface area contributed by atoms with Gasteiger partial charge in [0.2, 0.25) is 0 Å². The number of nitrogens with zero attached hydrogens (tertiary/aromatic N) is 1. The summed E-state index contributed by atoms with van der Waals surface area (Å²) in [5, 5.41) is 18.7. The van der Waals surface area contributed by atoms with E-state index in [-0.39, 0.29) is 11.5 Å². The molecule has 15 heavy (non-hydrogen) atoms. The number of benzene rings is 1. The van der Waals surface area contributed by atoms with Crippen LogP contribution in [0.1, 0.15) is 0 Å². The number of phenols is 1. The molecule has 0 atom stereocenters. The Bertz CT molecular complexity index is 500. The van der Waals surface area contributed by atoms with Crippen molar-refractivity contribution >= 4 is 0 Å². The van der Waals surface area contributed by atoms with Crippen LogP contribution in [0, 0.1) is 5.82 Å². The van der Waals surface area contributed by atoms with E-state index in [1.165, 1.54) is 30.6 Å². The van der Waals surface area contributed by atoms with Gasteiger partial charge in [-0.2, -0.15) is 0 Å². The van der Waals surface area contributed by atoms with Crippen molar-refractivity contribution in [2.24, 2.45) is 0 Å². The Morgan fingerprint density at radius 1 is 1.07 bits per heavy atom. The smallest absolute Gasteiger partial charge is 0.134 e. The molecule has 3 nitrogen and oxygen atoms in total. The first kappa shape index (κ1) is 9.45. The van der Waals surface area contributed by atoms with Crippen molar-refractivity contribution in [3.05, 3.63) is 42.5 Å². The quantitative estimate of drug-likeness (QED) is 0.751. The molecule has 0 aliphatic carbocycles. The third-order valence-electron chi connectivity index (χ3n) is 1.99. The fourth-order valence-electron chi connectivity index (χ4n) is 1.32. The molecule has 0 aliphatic rings. The molecule has 1 heterocycles. The van der Waals surface area contributed by atoms with Gasteiger partial charge in [0.15, 0.2) is 0 Å². The van der Waals surface area contributed by atoms with Crippen LogP contribution in [0.3, 0.4) is 0 Å². The van der Waals surface area contributed by atoms with Crippen molar-refractivity contribution in [1.82, 2.24) is 4.98 Å². The minimum atomic E-state index is -0.510. The molecule has 2 aromatic rings. The average molecular weight is 205 g/mol. The second kappa shape index (κ2) is 3.57. The Balaban J connectivity index is 2.54. The molecule has 4 heteroatoms. The first-order chi connectivity index (χ1) is 7.16. The van der Waals surface area contributed by atoms with Crippen LogP contribution in [0.15, 0.2) is 36.7 Å². The lowest BCUT2D eigenvalue weighted by molar-refractivity contribution is 0.469. The van der Waals surface area contributed by atoms with Crippen LogP contribution in [-0.2, 0) is 0 Å². The Morgan fingerprint density at radius 2 is 1.87 bits per heavy atom. The monoisotopic (exact) mass is 205 g/mol. The van der Waals surface area contributed by atoms with Crippen LogP contribution in [-0.4, -0.2) is 15.2 Å². The van der Waals surface area contributed by atoms with Gasteiger partial charge >= 0.3 is 0 Å². The second-order valence-corrected chi connectivity index (χ2v) is 3.09. The predicted molar refractivity (Wildman–Crippen MR) is 53.0 cm³/mol. The molecule has 76 valence electrons. The van der Waals surface area contributed by atoms with E-state index in [1.807, 2.05) is 0 Å². The maximum atomic E-state index is 12.7. The van der Waals surface area contributed by atoms with E-state index >= 15 is 0 Å². The Labute approximate surface area is 85.5 Å². The zero-order chi connectivity index (χ0) is 10.8. The molecule has 2 rings (SSSR count). The SMILES string of the molecule is Oc1cncc(-c2ccc(F)cc2O)c1. The highest BCUT2D eigenvalue weighted by molar-refractivity contribution is 5.70. The third kappa shape index (κ3) is 1.88. The lowest BCUT2D eigenvalue weighted by Gasteiger charge is -2.04. The highest BCUT2D eigenvalue weighted by atomic mass is 19.1. The number of hydrogen-bond acceptors (Lipinski definition) is 3. The van der Waals surface area contributed by atoms with Gasteiger partial charge in [0.25, 0.3) is 0 Å². The van der Waals surface area contributed by atoms with Crippen LogP contribution < -0.4 is 0 Å². The van der Waals surface area contributed by atoms with E-state index in [2.05, 4.69) is 4.98 Å². The fourth-order valence-corrected chi connectivity index (χ4v) is 1.32. The molecular weight excluding hydrogens is 197 g/mol. The molecule has 1 aromatic carbocycles. The van der Waals surface area contributed by atoms with E-state index < -0.39 is 5.82 Å². The summed E-state index contributed by atoms with van der Waals surface area (Å²) < 4.78 is 12.7. The minimum absolute atomic E-state index is 0.00350. The van der Waals surface area contributed by atoms with E-state index in [0.717, 1.165) is 6.07 Å². The molecule has 0 radical (unpaired) electrons. The van der Waals surface area contributed by atoms with Crippen LogP contribution in [0.5, 0.6) is 11.5 Å². The van der Waals surface area contributed by atoms with Crippen LogP contribution >= 0.6 is 0 Å². The molecule has 0 saturated carbocycles. The zero-order valence-corrected chi connectivity index (χ0v) is 7.68. The maximum absolute atomic E-state index is 12.7. The average Bonchev–Trinajstić information content (AvgIpc) is 2.17. The van der Waals surface area contributed by atoms with Crippen molar-refractivity contribution in [3.63, 3.8) is 0 Å². The summed E-state index contributed by atoms with van der Waals surface area (Å²) in [7, 11) is 0. The molecule has 0 unspecified atom stereocenters. The highest BCUT2D eigenvalue weighted by Gasteiger charge is 2.06. The highest BCUT2D eigenvalue weighted by Crippen LogP contribution is 2.30. The zero-order valence-electron chi connectivity index (χ0n) is 7.68. The molecule has 0 saturated heterocycles. The Kier molecular flexibility index (Phi) is 2.25. The topological polar surface area (TPSA) is 53.4 Å². The van der Waals surface area contributed by atoms with E-state index in [0.29, 0.717) is 11.1 Å². The normalized spacial score (nSPS) is 10.2. The molecule has 0 spiro atoms. The standard InChI is InChI=1S/C11H8FNO2/c12-8-1-2-10(11(15)4-8)7-3-9(14)6-13-5-7/h1-6,14-15H. The summed E-state index contributed by atoms with van der Waals surface area (Å²) in [6, 6.07) is 5.12. The molecule has 0 amide bonds. The van der Waals surface area contributed by atoms with E-state index in [9.17, 15) is 14.6 Å². The lowest BCUT2D eigenvalue weighted by Crippen LogP contribution is -1.82. The van der Waals surface area contributed by atoms with Gasteiger partial charge in [0.1, 0.15) is 17.3 Å². The van der Waals surface area contributed by atoms with Crippen molar-refractivity contribution in [3.8, 4) is 22.6 Å². The van der Waals surface area contributed by atoms with Gasteiger partial charge in [0, 0.05) is 23.4 Å². The first-order valence-corrected chi connectivity index (χ1v) is 4.30. The summed E-state index contributed by atoms with van der Waals surface area (Å²) in [6.45, 7) is 0. The molecule has 0 fully saturated rings. The molecule has 0 bridgehead atoms. The summed E-state index contributed by atoms with van der Waals surface area (Å²) in [5.41, 5.74) is 0.965. The van der Waals surface area contributed by atoms with Gasteiger partial charge in [-0.25, -0.2) is 4.39 Å². The summed E-state index contributed by atoms with van der Waals surface area (Å²) >= 11 is 0. The van der Waals surface area contributed by atoms with Crippen molar-refractivity contribution in [2.45, 2.75) is 0 Å². The van der Waals surface area contributed by atoms with Crippen molar-refractivity contribution in [2.75, 3.05) is 0 Å². The summed E-state index contributed by atoms with van der Waals surface area (Å²) in [4.78, 5) is 3.77. The third-order valence-corrected chi connectivity index (χ3v) is 1.99. The molecule has 2 N–H and O–H groups in total.